The first-order chi connectivity index (χ1) is 10.8. The van der Waals surface area contributed by atoms with Crippen LogP contribution in [0.5, 0.6) is 0 Å². The second kappa shape index (κ2) is 6.60. The molecule has 0 unspecified atom stereocenters. The van der Waals surface area contributed by atoms with Crippen LogP contribution in [0.15, 0.2) is 54.6 Å². The van der Waals surface area contributed by atoms with Gasteiger partial charge in [0.25, 0.3) is 0 Å². The Labute approximate surface area is 134 Å². The number of halogens is 1. The average Bonchev–Trinajstić information content (AvgIpc) is 2.56. The SMILES string of the molecule is CN(C(=O)C(C)(C)C(=O)Nc1ccccc1F)c1ccccc1. The maximum Gasteiger partial charge on any atom is 0.241 e. The minimum absolute atomic E-state index is 0.0562. The van der Waals surface area contributed by atoms with Gasteiger partial charge >= 0.3 is 0 Å². The number of anilines is 2. The summed E-state index contributed by atoms with van der Waals surface area (Å²) in [7, 11) is 1.61. The molecule has 0 radical (unpaired) electrons. The molecule has 0 fully saturated rings. The molecule has 0 heterocycles. The molecule has 0 spiro atoms. The Balaban J connectivity index is 2.18. The number of carbonyl (C=O) groups excluding carboxylic acids is 2. The number of carbonyl (C=O) groups is 2. The minimum atomic E-state index is -1.34. The second-order valence-corrected chi connectivity index (χ2v) is 5.76. The molecule has 0 aliphatic heterocycles. The first kappa shape index (κ1) is 16.7. The zero-order valence-corrected chi connectivity index (χ0v) is 13.3. The number of rotatable bonds is 4. The summed E-state index contributed by atoms with van der Waals surface area (Å²) in [6.07, 6.45) is 0. The molecule has 1 N–H and O–H groups in total. The number of para-hydroxylation sites is 2. The highest BCUT2D eigenvalue weighted by Gasteiger charge is 2.38. The van der Waals surface area contributed by atoms with Crippen LogP contribution in [0.3, 0.4) is 0 Å². The predicted octanol–water partition coefficient (Wildman–Crippen LogP) is 3.45. The van der Waals surface area contributed by atoms with Crippen molar-refractivity contribution in [3.63, 3.8) is 0 Å². The highest BCUT2D eigenvalue weighted by Crippen LogP contribution is 2.25. The van der Waals surface area contributed by atoms with Crippen LogP contribution >= 0.6 is 0 Å². The molecule has 4 nitrogen and oxygen atoms in total. The number of benzene rings is 2. The van der Waals surface area contributed by atoms with E-state index >= 15 is 0 Å². The Morgan fingerprint density at radius 1 is 1.00 bits per heavy atom. The summed E-state index contributed by atoms with van der Waals surface area (Å²) in [4.78, 5) is 26.5. The van der Waals surface area contributed by atoms with Gasteiger partial charge in [-0.15, -0.1) is 0 Å². The lowest BCUT2D eigenvalue weighted by Crippen LogP contribution is -2.46. The molecule has 0 saturated carbocycles. The van der Waals surface area contributed by atoms with E-state index < -0.39 is 17.1 Å². The van der Waals surface area contributed by atoms with Gasteiger partial charge in [0.05, 0.1) is 5.69 Å². The van der Waals surface area contributed by atoms with Crippen molar-refractivity contribution in [2.45, 2.75) is 13.8 Å². The van der Waals surface area contributed by atoms with Gasteiger partial charge in [0, 0.05) is 12.7 Å². The molecular formula is C18H19FN2O2. The average molecular weight is 314 g/mol. The number of hydrogen-bond donors (Lipinski definition) is 1. The highest BCUT2D eigenvalue weighted by atomic mass is 19.1. The van der Waals surface area contributed by atoms with E-state index in [0.29, 0.717) is 5.69 Å². The van der Waals surface area contributed by atoms with Gasteiger partial charge in [-0.3, -0.25) is 9.59 Å². The largest absolute Gasteiger partial charge is 0.323 e. The number of nitrogens with one attached hydrogen (secondary N) is 1. The van der Waals surface area contributed by atoms with Crippen molar-refractivity contribution in [3.05, 3.63) is 60.4 Å². The number of nitrogens with zero attached hydrogens (tertiary/aromatic N) is 1. The van der Waals surface area contributed by atoms with Gasteiger partial charge in [0.15, 0.2) is 0 Å². The van der Waals surface area contributed by atoms with Crippen LogP contribution in [0.25, 0.3) is 0 Å². The van der Waals surface area contributed by atoms with Gasteiger partial charge in [-0.2, -0.15) is 0 Å². The standard InChI is InChI=1S/C18H19FN2O2/c1-18(2,16(22)20-15-12-8-7-11-14(15)19)17(23)21(3)13-9-5-4-6-10-13/h4-12H,1-3H3,(H,20,22). The molecule has 0 aromatic heterocycles. The Bertz CT molecular complexity index is 714. The molecular weight excluding hydrogens is 295 g/mol. The Morgan fingerprint density at radius 3 is 2.17 bits per heavy atom. The molecule has 0 aliphatic carbocycles. The fourth-order valence-electron chi connectivity index (χ4n) is 2.13. The van der Waals surface area contributed by atoms with Crippen molar-refractivity contribution in [2.24, 2.45) is 5.41 Å². The third-order valence-electron chi connectivity index (χ3n) is 3.67. The van der Waals surface area contributed by atoms with Crippen LogP contribution in [0, 0.1) is 11.2 Å². The lowest BCUT2D eigenvalue weighted by atomic mass is 9.90. The molecule has 2 aromatic carbocycles. The number of amides is 2. The molecule has 23 heavy (non-hydrogen) atoms. The molecule has 2 aromatic rings. The lowest BCUT2D eigenvalue weighted by molar-refractivity contribution is -0.136. The summed E-state index contributed by atoms with van der Waals surface area (Å²) < 4.78 is 13.7. The van der Waals surface area contributed by atoms with Crippen LogP contribution in [0.4, 0.5) is 15.8 Å². The van der Waals surface area contributed by atoms with E-state index in [1.54, 1.807) is 25.2 Å². The van der Waals surface area contributed by atoms with E-state index in [1.165, 1.54) is 36.9 Å². The van der Waals surface area contributed by atoms with Crippen LogP contribution in [0.1, 0.15) is 13.8 Å². The quantitative estimate of drug-likeness (QED) is 0.879. The van der Waals surface area contributed by atoms with Crippen molar-refractivity contribution in [2.75, 3.05) is 17.3 Å². The van der Waals surface area contributed by atoms with E-state index in [9.17, 15) is 14.0 Å². The summed E-state index contributed by atoms with van der Waals surface area (Å²) in [6.45, 7) is 3.04. The monoisotopic (exact) mass is 314 g/mol. The second-order valence-electron chi connectivity index (χ2n) is 5.76. The van der Waals surface area contributed by atoms with E-state index in [0.717, 1.165) is 0 Å². The fraction of sp³-hybridized carbons (Fsp3) is 0.222. The summed E-state index contributed by atoms with van der Waals surface area (Å²) in [5.41, 5.74) is -0.600. The maximum atomic E-state index is 13.7. The molecule has 2 amide bonds. The summed E-state index contributed by atoms with van der Waals surface area (Å²) in [5.74, 6) is -1.48. The molecule has 5 heteroatoms. The predicted molar refractivity (Wildman–Crippen MR) is 88.7 cm³/mol. The Hall–Kier alpha value is -2.69. The first-order valence-corrected chi connectivity index (χ1v) is 7.23. The molecule has 0 atom stereocenters. The van der Waals surface area contributed by atoms with Crippen LogP contribution < -0.4 is 10.2 Å². The fourth-order valence-corrected chi connectivity index (χ4v) is 2.13. The van der Waals surface area contributed by atoms with Crippen LogP contribution in [-0.2, 0) is 9.59 Å². The molecule has 120 valence electrons. The summed E-state index contributed by atoms with van der Waals surface area (Å²) in [6, 6.07) is 14.9. The van der Waals surface area contributed by atoms with Gasteiger partial charge in [-0.05, 0) is 38.1 Å². The van der Waals surface area contributed by atoms with Crippen molar-refractivity contribution < 1.29 is 14.0 Å². The lowest BCUT2D eigenvalue weighted by Gasteiger charge is -2.28. The summed E-state index contributed by atoms with van der Waals surface area (Å²) in [5, 5.41) is 2.48. The van der Waals surface area contributed by atoms with Gasteiger partial charge in [0.1, 0.15) is 11.2 Å². The molecule has 2 rings (SSSR count). The van der Waals surface area contributed by atoms with Gasteiger partial charge in [-0.25, -0.2) is 4.39 Å². The Kier molecular flexibility index (Phi) is 4.79. The molecule has 0 saturated heterocycles. The van der Waals surface area contributed by atoms with Crippen LogP contribution in [0.2, 0.25) is 0 Å². The maximum absolute atomic E-state index is 13.7. The van der Waals surface area contributed by atoms with Crippen LogP contribution in [-0.4, -0.2) is 18.9 Å². The normalized spacial score (nSPS) is 11.0. The third-order valence-corrected chi connectivity index (χ3v) is 3.67. The van der Waals surface area contributed by atoms with Gasteiger partial charge < -0.3 is 10.2 Å². The topological polar surface area (TPSA) is 49.4 Å². The van der Waals surface area contributed by atoms with E-state index in [4.69, 9.17) is 0 Å². The summed E-state index contributed by atoms with van der Waals surface area (Å²) >= 11 is 0. The van der Waals surface area contributed by atoms with Gasteiger partial charge in [0.2, 0.25) is 11.8 Å². The van der Waals surface area contributed by atoms with E-state index in [2.05, 4.69) is 5.32 Å². The highest BCUT2D eigenvalue weighted by molar-refractivity contribution is 6.14. The minimum Gasteiger partial charge on any atom is -0.323 e. The molecule has 0 bridgehead atoms. The zero-order valence-electron chi connectivity index (χ0n) is 13.3. The zero-order chi connectivity index (χ0) is 17.0. The van der Waals surface area contributed by atoms with Crippen molar-refractivity contribution in [1.82, 2.24) is 0 Å². The Morgan fingerprint density at radius 2 is 1.57 bits per heavy atom. The van der Waals surface area contributed by atoms with Gasteiger partial charge in [-0.1, -0.05) is 30.3 Å². The third kappa shape index (κ3) is 3.56. The number of hydrogen-bond acceptors (Lipinski definition) is 2. The van der Waals surface area contributed by atoms with E-state index in [1.807, 2.05) is 18.2 Å². The first-order valence-electron chi connectivity index (χ1n) is 7.23. The molecule has 0 aliphatic rings. The van der Waals surface area contributed by atoms with Crippen molar-refractivity contribution in [1.29, 1.82) is 0 Å². The smallest absolute Gasteiger partial charge is 0.241 e. The van der Waals surface area contributed by atoms with Crippen molar-refractivity contribution in [3.8, 4) is 0 Å². The van der Waals surface area contributed by atoms with E-state index in [-0.39, 0.29) is 11.6 Å². The van der Waals surface area contributed by atoms with Crippen molar-refractivity contribution >= 4 is 23.2 Å².